The summed E-state index contributed by atoms with van der Waals surface area (Å²) in [7, 11) is 0. The van der Waals surface area contributed by atoms with Gasteiger partial charge in [-0.15, -0.1) is 0 Å². The fourth-order valence-corrected chi connectivity index (χ4v) is 4.03. The second kappa shape index (κ2) is 21.7. The average Bonchev–Trinajstić information content (AvgIpc) is 2.78. The zero-order chi connectivity index (χ0) is 26.4. The van der Waals surface area contributed by atoms with Crippen LogP contribution >= 0.6 is 0 Å². The van der Waals surface area contributed by atoms with Gasteiger partial charge in [0.1, 0.15) is 0 Å². The van der Waals surface area contributed by atoms with E-state index in [9.17, 15) is 0 Å². The number of nitrogens with one attached hydrogen (secondary N) is 2. The first-order valence-corrected chi connectivity index (χ1v) is 13.9. The lowest BCUT2D eigenvalue weighted by atomic mass is 9.85. The molecule has 0 aromatic carbocycles. The Morgan fingerprint density at radius 3 is 1.17 bits per heavy atom. The zero-order valence-corrected chi connectivity index (χ0v) is 23.8. The first-order valence-electron chi connectivity index (χ1n) is 13.9. The number of nitrogens with zero attached hydrogens (tertiary/aromatic N) is 2. The second-order valence-corrected chi connectivity index (χ2v) is 11.3. The van der Waals surface area contributed by atoms with E-state index in [0.29, 0.717) is 26.2 Å². The van der Waals surface area contributed by atoms with Crippen molar-refractivity contribution >= 4 is 0 Å². The van der Waals surface area contributed by atoms with E-state index in [2.05, 4.69) is 48.1 Å². The summed E-state index contributed by atoms with van der Waals surface area (Å²) in [5.41, 5.74) is 23.2. The molecule has 9 heteroatoms. The van der Waals surface area contributed by atoms with Crippen molar-refractivity contribution in [3.05, 3.63) is 0 Å². The van der Waals surface area contributed by atoms with Crippen LogP contribution in [0.4, 0.5) is 0 Å². The molecule has 0 atom stereocenters. The third kappa shape index (κ3) is 21.4. The van der Waals surface area contributed by atoms with E-state index < -0.39 is 0 Å². The minimum atomic E-state index is 0.280. The summed E-state index contributed by atoms with van der Waals surface area (Å²) in [6, 6.07) is 0. The summed E-state index contributed by atoms with van der Waals surface area (Å²) >= 11 is 0. The van der Waals surface area contributed by atoms with Gasteiger partial charge in [0.05, 0.1) is 0 Å². The third-order valence-corrected chi connectivity index (χ3v) is 6.79. The molecule has 0 bridgehead atoms. The fraction of sp³-hybridized carbons (Fsp3) is 1.00. The predicted molar refractivity (Wildman–Crippen MR) is 152 cm³/mol. The van der Waals surface area contributed by atoms with Crippen molar-refractivity contribution in [2.45, 2.75) is 53.4 Å². The van der Waals surface area contributed by atoms with Crippen molar-refractivity contribution in [3.8, 4) is 0 Å². The topological polar surface area (TPSA) is 144 Å². The average molecular weight is 503 g/mol. The van der Waals surface area contributed by atoms with Gasteiger partial charge in [0.25, 0.3) is 0 Å². The Morgan fingerprint density at radius 2 is 0.857 bits per heavy atom. The molecule has 0 heterocycles. The number of rotatable bonds is 26. The Balaban J connectivity index is 3.84. The molecule has 0 radical (unpaired) electrons. The van der Waals surface area contributed by atoms with Crippen LogP contribution in [0.15, 0.2) is 0 Å². The van der Waals surface area contributed by atoms with E-state index >= 15 is 0 Å². The first-order chi connectivity index (χ1) is 16.7. The van der Waals surface area contributed by atoms with Gasteiger partial charge in [0.15, 0.2) is 0 Å². The van der Waals surface area contributed by atoms with Crippen LogP contribution in [-0.2, 0) is 4.74 Å². The molecule has 0 fully saturated rings. The van der Waals surface area contributed by atoms with Crippen molar-refractivity contribution in [1.29, 1.82) is 0 Å². The van der Waals surface area contributed by atoms with Crippen molar-refractivity contribution in [2.24, 2.45) is 33.8 Å². The van der Waals surface area contributed by atoms with E-state index in [1.807, 2.05) is 0 Å². The molecular weight excluding hydrogens is 440 g/mol. The van der Waals surface area contributed by atoms with Crippen LogP contribution < -0.4 is 33.6 Å². The SMILES string of the molecule is CC(C)(CCNCCN(CCN)CCN)CCOCCC(C)(C)CCNCCN(CCN)CCN. The summed E-state index contributed by atoms with van der Waals surface area (Å²) in [4.78, 5) is 4.65. The summed E-state index contributed by atoms with van der Waals surface area (Å²) < 4.78 is 6.03. The van der Waals surface area contributed by atoms with Crippen LogP contribution in [0.2, 0.25) is 0 Å². The minimum absolute atomic E-state index is 0.280. The van der Waals surface area contributed by atoms with Gasteiger partial charge in [-0.2, -0.15) is 0 Å². The van der Waals surface area contributed by atoms with Crippen LogP contribution in [0.5, 0.6) is 0 Å². The standard InChI is InChI=1S/C26H62N8O/c1-25(2,5-13-31-15-21-33(17-9-27)18-10-28)7-23-35-24-8-26(3,4)6-14-32-16-22-34(19-11-29)20-12-30/h31-32H,5-24,27-30H2,1-4H3. The normalized spacial score (nSPS) is 12.9. The molecule has 35 heavy (non-hydrogen) atoms. The lowest BCUT2D eigenvalue weighted by Gasteiger charge is -2.27. The van der Waals surface area contributed by atoms with Crippen molar-refractivity contribution in [2.75, 3.05) is 105 Å². The van der Waals surface area contributed by atoms with E-state index in [-0.39, 0.29) is 10.8 Å². The first kappa shape index (κ1) is 34.6. The Morgan fingerprint density at radius 1 is 0.514 bits per heavy atom. The molecule has 0 rings (SSSR count). The molecule has 10 N–H and O–H groups in total. The highest BCUT2D eigenvalue weighted by Crippen LogP contribution is 2.26. The Bertz CT molecular complexity index is 413. The highest BCUT2D eigenvalue weighted by molar-refractivity contribution is 4.72. The zero-order valence-electron chi connectivity index (χ0n) is 23.8. The maximum absolute atomic E-state index is 6.03. The van der Waals surface area contributed by atoms with Crippen LogP contribution in [0.25, 0.3) is 0 Å². The largest absolute Gasteiger partial charge is 0.381 e. The van der Waals surface area contributed by atoms with Crippen molar-refractivity contribution in [1.82, 2.24) is 20.4 Å². The van der Waals surface area contributed by atoms with E-state index in [4.69, 9.17) is 27.7 Å². The summed E-state index contributed by atoms with van der Waals surface area (Å²) in [6.07, 6.45) is 4.47. The van der Waals surface area contributed by atoms with Crippen LogP contribution in [0.1, 0.15) is 53.4 Å². The molecule has 0 aliphatic carbocycles. The van der Waals surface area contributed by atoms with Gasteiger partial charge in [-0.25, -0.2) is 0 Å². The molecule has 0 aliphatic rings. The van der Waals surface area contributed by atoms with E-state index in [1.165, 1.54) is 0 Å². The summed E-state index contributed by atoms with van der Waals surface area (Å²) in [5.74, 6) is 0. The lowest BCUT2D eigenvalue weighted by Crippen LogP contribution is -2.39. The number of ether oxygens (including phenoxy) is 1. The third-order valence-electron chi connectivity index (χ3n) is 6.79. The monoisotopic (exact) mass is 503 g/mol. The van der Waals surface area contributed by atoms with Gasteiger partial charge >= 0.3 is 0 Å². The molecule has 0 saturated carbocycles. The molecule has 0 spiro atoms. The Labute approximate surface area is 217 Å². The Kier molecular flexibility index (Phi) is 21.5. The van der Waals surface area contributed by atoms with Gasteiger partial charge in [-0.3, -0.25) is 9.80 Å². The molecular formula is C26H62N8O. The molecule has 0 aliphatic heterocycles. The van der Waals surface area contributed by atoms with Gasteiger partial charge in [0.2, 0.25) is 0 Å². The van der Waals surface area contributed by atoms with Gasteiger partial charge in [0, 0.05) is 91.8 Å². The van der Waals surface area contributed by atoms with Gasteiger partial charge in [-0.05, 0) is 49.6 Å². The van der Waals surface area contributed by atoms with E-state index in [1.54, 1.807) is 0 Å². The van der Waals surface area contributed by atoms with Crippen LogP contribution in [-0.4, -0.2) is 115 Å². The molecule has 0 aromatic rings. The number of hydrogen-bond acceptors (Lipinski definition) is 9. The summed E-state index contributed by atoms with van der Waals surface area (Å²) in [5, 5.41) is 7.15. The summed E-state index contributed by atoms with van der Waals surface area (Å²) in [6.45, 7) is 23.5. The van der Waals surface area contributed by atoms with Crippen molar-refractivity contribution < 1.29 is 4.74 Å². The quantitative estimate of drug-likeness (QED) is 0.0916. The maximum Gasteiger partial charge on any atom is 0.0471 e. The molecule has 0 aromatic heterocycles. The molecule has 9 nitrogen and oxygen atoms in total. The smallest absolute Gasteiger partial charge is 0.0471 e. The lowest BCUT2D eigenvalue weighted by molar-refractivity contribution is 0.0777. The van der Waals surface area contributed by atoms with E-state index in [0.717, 1.165) is 104 Å². The Hall–Kier alpha value is -0.360. The highest BCUT2D eigenvalue weighted by atomic mass is 16.5. The molecule has 212 valence electrons. The highest BCUT2D eigenvalue weighted by Gasteiger charge is 2.19. The van der Waals surface area contributed by atoms with Crippen LogP contribution in [0.3, 0.4) is 0 Å². The minimum Gasteiger partial charge on any atom is -0.381 e. The van der Waals surface area contributed by atoms with Gasteiger partial charge in [-0.1, -0.05) is 27.7 Å². The predicted octanol–water partition coefficient (Wildman–Crippen LogP) is 0.234. The maximum atomic E-state index is 6.03. The van der Waals surface area contributed by atoms with Crippen LogP contribution in [0, 0.1) is 10.8 Å². The molecule has 0 amide bonds. The fourth-order valence-electron chi connectivity index (χ4n) is 4.03. The number of nitrogens with two attached hydrogens (primary N) is 4. The van der Waals surface area contributed by atoms with Gasteiger partial charge < -0.3 is 38.3 Å². The number of hydrogen-bond donors (Lipinski definition) is 6. The molecule has 0 unspecified atom stereocenters. The second-order valence-electron chi connectivity index (χ2n) is 11.3. The van der Waals surface area contributed by atoms with Crippen molar-refractivity contribution in [3.63, 3.8) is 0 Å². The molecule has 0 saturated heterocycles.